The second kappa shape index (κ2) is 6.12. The van der Waals surface area contributed by atoms with E-state index in [-0.39, 0.29) is 15.8 Å². The Kier molecular flexibility index (Phi) is 4.43. The van der Waals surface area contributed by atoms with Gasteiger partial charge in [-0.05, 0) is 12.1 Å². The fraction of sp³-hybridized carbons (Fsp3) is 0. The maximum Gasteiger partial charge on any atom is 0.289 e. The second-order valence-corrected chi connectivity index (χ2v) is 6.20. The first kappa shape index (κ1) is 15.9. The normalized spacial score (nSPS) is 12.1. The maximum atomic E-state index is 12.2. The van der Waals surface area contributed by atoms with E-state index in [1.54, 1.807) is 30.3 Å². The minimum atomic E-state index is -4.18. The van der Waals surface area contributed by atoms with Gasteiger partial charge in [0.25, 0.3) is 15.7 Å². The summed E-state index contributed by atoms with van der Waals surface area (Å²) < 4.78 is 27.8. The molecule has 0 saturated heterocycles. The zero-order chi connectivity index (χ0) is 16.3. The van der Waals surface area contributed by atoms with E-state index in [4.69, 9.17) is 17.3 Å². The molecule has 0 amide bonds. The van der Waals surface area contributed by atoms with Crippen molar-refractivity contribution in [1.82, 2.24) is 0 Å². The van der Waals surface area contributed by atoms with Gasteiger partial charge in [0.15, 0.2) is 0 Å². The summed E-state index contributed by atoms with van der Waals surface area (Å²) in [5.74, 6) is -0.210. The van der Waals surface area contributed by atoms with Gasteiger partial charge in [0, 0.05) is 11.6 Å². The van der Waals surface area contributed by atoms with Crippen LogP contribution in [0, 0.1) is 10.1 Å². The number of nitrogens with zero attached hydrogens (tertiary/aromatic N) is 2. The molecule has 2 N–H and O–H groups in total. The maximum absolute atomic E-state index is 12.2. The molecule has 0 bridgehead atoms. The van der Waals surface area contributed by atoms with Crippen molar-refractivity contribution in [2.75, 3.05) is 0 Å². The molecule has 0 aromatic heterocycles. The first-order chi connectivity index (χ1) is 10.3. The molecule has 0 aliphatic carbocycles. The minimum absolute atomic E-state index is 0.163. The first-order valence-electron chi connectivity index (χ1n) is 5.91. The lowest BCUT2D eigenvalue weighted by molar-refractivity contribution is -0.384. The van der Waals surface area contributed by atoms with E-state index in [0.717, 1.165) is 18.2 Å². The number of nitrogens with two attached hydrogens (primary N) is 1. The van der Waals surface area contributed by atoms with Crippen molar-refractivity contribution in [1.29, 1.82) is 0 Å². The monoisotopic (exact) mass is 339 g/mol. The molecule has 2 aromatic rings. The van der Waals surface area contributed by atoms with Gasteiger partial charge in [-0.3, -0.25) is 10.1 Å². The number of nitro benzene ring substituents is 1. The summed E-state index contributed by atoms with van der Waals surface area (Å²) >= 11 is 5.65. The molecule has 2 aromatic carbocycles. The Bertz CT molecular complexity index is 851. The van der Waals surface area contributed by atoms with Gasteiger partial charge >= 0.3 is 0 Å². The SMILES string of the molecule is NC(=NS(=O)(=O)c1ccc(Cl)c([N+](=O)[O-])c1)c1ccccc1. The van der Waals surface area contributed by atoms with E-state index in [1.807, 2.05) is 0 Å². The second-order valence-electron chi connectivity index (χ2n) is 4.19. The van der Waals surface area contributed by atoms with E-state index in [0.29, 0.717) is 5.56 Å². The first-order valence-corrected chi connectivity index (χ1v) is 7.73. The zero-order valence-corrected chi connectivity index (χ0v) is 12.6. The molecule has 0 fully saturated rings. The summed E-state index contributed by atoms with van der Waals surface area (Å²) in [5.41, 5.74) is 5.57. The Morgan fingerprint density at radius 2 is 1.82 bits per heavy atom. The van der Waals surface area contributed by atoms with Gasteiger partial charge in [0.1, 0.15) is 10.9 Å². The molecule has 0 saturated carbocycles. The van der Waals surface area contributed by atoms with Crippen LogP contribution < -0.4 is 5.73 Å². The smallest absolute Gasteiger partial charge is 0.289 e. The number of hydrogen-bond donors (Lipinski definition) is 1. The molecule has 0 spiro atoms. The molecule has 0 atom stereocenters. The lowest BCUT2D eigenvalue weighted by atomic mass is 10.2. The number of nitro groups is 1. The Hall–Kier alpha value is -2.45. The third kappa shape index (κ3) is 3.41. The summed E-state index contributed by atoms with van der Waals surface area (Å²) in [6.45, 7) is 0. The molecule has 2 rings (SSSR count). The molecule has 0 heterocycles. The Morgan fingerprint density at radius 3 is 2.41 bits per heavy atom. The van der Waals surface area contributed by atoms with Gasteiger partial charge in [-0.2, -0.15) is 8.42 Å². The average Bonchev–Trinajstić information content (AvgIpc) is 2.47. The quantitative estimate of drug-likeness (QED) is 0.397. The average molecular weight is 340 g/mol. The van der Waals surface area contributed by atoms with Crippen molar-refractivity contribution in [3.8, 4) is 0 Å². The van der Waals surface area contributed by atoms with Gasteiger partial charge in [-0.1, -0.05) is 41.9 Å². The molecule has 0 unspecified atom stereocenters. The van der Waals surface area contributed by atoms with Crippen LogP contribution in [0.1, 0.15) is 5.56 Å². The van der Waals surface area contributed by atoms with Crippen molar-refractivity contribution in [2.24, 2.45) is 10.1 Å². The predicted octanol–water partition coefficient (Wildman–Crippen LogP) is 2.34. The van der Waals surface area contributed by atoms with Crippen LogP contribution >= 0.6 is 11.6 Å². The van der Waals surface area contributed by atoms with Gasteiger partial charge in [0.05, 0.1) is 9.82 Å². The standard InChI is InChI=1S/C13H10ClN3O4S/c14-11-7-6-10(8-12(11)17(18)19)22(20,21)16-13(15)9-4-2-1-3-5-9/h1-8H,(H2,15,16). The van der Waals surface area contributed by atoms with Crippen LogP contribution in [0.3, 0.4) is 0 Å². The molecule has 0 aliphatic rings. The number of halogens is 1. The number of rotatable bonds is 4. The Balaban J connectivity index is 2.48. The van der Waals surface area contributed by atoms with Gasteiger partial charge in [0.2, 0.25) is 0 Å². The summed E-state index contributed by atoms with van der Waals surface area (Å²) in [6.07, 6.45) is 0. The van der Waals surface area contributed by atoms with Crippen LogP contribution in [-0.4, -0.2) is 19.2 Å². The molecule has 7 nitrogen and oxygen atoms in total. The van der Waals surface area contributed by atoms with E-state index < -0.39 is 20.6 Å². The summed E-state index contributed by atoms with van der Waals surface area (Å²) in [7, 11) is -4.18. The van der Waals surface area contributed by atoms with Crippen molar-refractivity contribution in [2.45, 2.75) is 4.90 Å². The minimum Gasteiger partial charge on any atom is -0.383 e. The van der Waals surface area contributed by atoms with Crippen molar-refractivity contribution >= 4 is 33.1 Å². The molecule has 22 heavy (non-hydrogen) atoms. The lowest BCUT2D eigenvalue weighted by Gasteiger charge is -2.03. The Morgan fingerprint density at radius 1 is 1.18 bits per heavy atom. The van der Waals surface area contributed by atoms with E-state index >= 15 is 0 Å². The molecular formula is C13H10ClN3O4S. The van der Waals surface area contributed by atoms with Crippen LogP contribution in [0.2, 0.25) is 5.02 Å². The number of sulfonamides is 1. The number of benzene rings is 2. The predicted molar refractivity (Wildman–Crippen MR) is 82.5 cm³/mol. The molecule has 114 valence electrons. The zero-order valence-electron chi connectivity index (χ0n) is 11.0. The van der Waals surface area contributed by atoms with E-state index in [9.17, 15) is 18.5 Å². The molecule has 0 aliphatic heterocycles. The third-order valence-corrected chi connectivity index (χ3v) is 4.31. The number of amidine groups is 1. The summed E-state index contributed by atoms with van der Waals surface area (Å²) in [5, 5.41) is 10.6. The Labute approximate surface area is 131 Å². The van der Waals surface area contributed by atoms with Crippen LogP contribution in [0.15, 0.2) is 57.8 Å². The van der Waals surface area contributed by atoms with Crippen molar-refractivity contribution in [3.63, 3.8) is 0 Å². The van der Waals surface area contributed by atoms with E-state index in [1.165, 1.54) is 0 Å². The highest BCUT2D eigenvalue weighted by molar-refractivity contribution is 7.90. The number of hydrogen-bond acceptors (Lipinski definition) is 4. The topological polar surface area (TPSA) is 116 Å². The van der Waals surface area contributed by atoms with Crippen molar-refractivity contribution in [3.05, 3.63) is 69.2 Å². The fourth-order valence-corrected chi connectivity index (χ4v) is 2.79. The van der Waals surface area contributed by atoms with Crippen LogP contribution in [0.4, 0.5) is 5.69 Å². The molecular weight excluding hydrogens is 330 g/mol. The molecule has 9 heteroatoms. The van der Waals surface area contributed by atoms with Crippen molar-refractivity contribution < 1.29 is 13.3 Å². The third-order valence-electron chi connectivity index (χ3n) is 2.70. The fourth-order valence-electron chi connectivity index (χ4n) is 1.64. The molecule has 0 radical (unpaired) electrons. The summed E-state index contributed by atoms with van der Waals surface area (Å²) in [4.78, 5) is 9.68. The van der Waals surface area contributed by atoms with Crippen LogP contribution in [0.5, 0.6) is 0 Å². The highest BCUT2D eigenvalue weighted by Crippen LogP contribution is 2.27. The largest absolute Gasteiger partial charge is 0.383 e. The van der Waals surface area contributed by atoms with Gasteiger partial charge in [-0.15, -0.1) is 4.40 Å². The van der Waals surface area contributed by atoms with Crippen LogP contribution in [-0.2, 0) is 10.0 Å². The van der Waals surface area contributed by atoms with Crippen LogP contribution in [0.25, 0.3) is 0 Å². The van der Waals surface area contributed by atoms with Gasteiger partial charge in [-0.25, -0.2) is 0 Å². The van der Waals surface area contributed by atoms with Gasteiger partial charge < -0.3 is 5.73 Å². The summed E-state index contributed by atoms with van der Waals surface area (Å²) in [6, 6.07) is 11.4. The highest BCUT2D eigenvalue weighted by atomic mass is 35.5. The lowest BCUT2D eigenvalue weighted by Crippen LogP contribution is -2.16. The highest BCUT2D eigenvalue weighted by Gasteiger charge is 2.20. The van der Waals surface area contributed by atoms with E-state index in [2.05, 4.69) is 4.40 Å².